The van der Waals surface area contributed by atoms with Gasteiger partial charge in [-0.05, 0) is 54.9 Å². The highest BCUT2D eigenvalue weighted by Gasteiger charge is 2.13. The number of carbonyl (C=O) groups excluding carboxylic acids is 1. The van der Waals surface area contributed by atoms with Crippen LogP contribution in [0.5, 0.6) is 0 Å². The van der Waals surface area contributed by atoms with Gasteiger partial charge in [0.1, 0.15) is 6.61 Å². The standard InChI is InChI=1S/C13H15BrN2O2/c1-13(2,3)18-8-12(17)16-11-5-4-9(7-15)6-10(11)14/h4-6H,8H2,1-3H3,(H,16,17). The summed E-state index contributed by atoms with van der Waals surface area (Å²) in [6.45, 7) is 5.66. The summed E-state index contributed by atoms with van der Waals surface area (Å²) in [7, 11) is 0. The van der Waals surface area contributed by atoms with Crippen LogP contribution in [0.2, 0.25) is 0 Å². The number of rotatable bonds is 3. The van der Waals surface area contributed by atoms with E-state index in [0.29, 0.717) is 15.7 Å². The lowest BCUT2D eigenvalue weighted by Gasteiger charge is -2.19. The quantitative estimate of drug-likeness (QED) is 0.933. The summed E-state index contributed by atoms with van der Waals surface area (Å²) in [4.78, 5) is 11.6. The summed E-state index contributed by atoms with van der Waals surface area (Å²) in [5.74, 6) is -0.227. The molecule has 0 fully saturated rings. The maximum Gasteiger partial charge on any atom is 0.250 e. The molecule has 5 heteroatoms. The Balaban J connectivity index is 2.63. The molecule has 18 heavy (non-hydrogen) atoms. The van der Waals surface area contributed by atoms with Gasteiger partial charge in [0, 0.05) is 4.47 Å². The highest BCUT2D eigenvalue weighted by Crippen LogP contribution is 2.23. The topological polar surface area (TPSA) is 62.1 Å². The Bertz CT molecular complexity index is 487. The first kappa shape index (κ1) is 14.7. The van der Waals surface area contributed by atoms with Crippen molar-refractivity contribution in [1.29, 1.82) is 5.26 Å². The largest absolute Gasteiger partial charge is 0.366 e. The van der Waals surface area contributed by atoms with Crippen LogP contribution in [0.15, 0.2) is 22.7 Å². The molecule has 1 amide bonds. The third-order valence-electron chi connectivity index (χ3n) is 2.01. The van der Waals surface area contributed by atoms with Crippen molar-refractivity contribution >= 4 is 27.5 Å². The van der Waals surface area contributed by atoms with Gasteiger partial charge < -0.3 is 10.1 Å². The zero-order valence-corrected chi connectivity index (χ0v) is 12.2. The lowest BCUT2D eigenvalue weighted by atomic mass is 10.2. The molecule has 0 unspecified atom stereocenters. The van der Waals surface area contributed by atoms with Crippen LogP contribution in [0.25, 0.3) is 0 Å². The number of nitriles is 1. The molecule has 0 radical (unpaired) electrons. The second-order valence-electron chi connectivity index (χ2n) is 4.76. The van der Waals surface area contributed by atoms with Gasteiger partial charge >= 0.3 is 0 Å². The molecule has 0 aliphatic heterocycles. The minimum Gasteiger partial charge on any atom is -0.366 e. The number of anilines is 1. The van der Waals surface area contributed by atoms with Crippen LogP contribution in [0.1, 0.15) is 26.3 Å². The third kappa shape index (κ3) is 4.86. The van der Waals surface area contributed by atoms with Gasteiger partial charge in [0.05, 0.1) is 22.9 Å². The molecule has 1 rings (SSSR count). The number of nitrogens with one attached hydrogen (secondary N) is 1. The molecule has 4 nitrogen and oxygen atoms in total. The predicted octanol–water partition coefficient (Wildman–Crippen LogP) is 3.07. The first-order valence-electron chi connectivity index (χ1n) is 5.45. The Labute approximate surface area is 115 Å². The van der Waals surface area contributed by atoms with Crippen LogP contribution in [-0.2, 0) is 9.53 Å². The number of amides is 1. The summed E-state index contributed by atoms with van der Waals surface area (Å²) >= 11 is 3.30. The molecule has 0 aliphatic rings. The maximum atomic E-state index is 11.6. The zero-order valence-electron chi connectivity index (χ0n) is 10.6. The minimum atomic E-state index is -0.348. The zero-order chi connectivity index (χ0) is 13.8. The van der Waals surface area contributed by atoms with E-state index in [-0.39, 0.29) is 18.1 Å². The third-order valence-corrected chi connectivity index (χ3v) is 2.66. The van der Waals surface area contributed by atoms with Crippen LogP contribution in [0, 0.1) is 11.3 Å². The van der Waals surface area contributed by atoms with Crippen molar-refractivity contribution in [3.63, 3.8) is 0 Å². The molecule has 0 saturated carbocycles. The fraction of sp³-hybridized carbons (Fsp3) is 0.385. The van der Waals surface area contributed by atoms with E-state index in [1.165, 1.54) is 0 Å². The van der Waals surface area contributed by atoms with Crippen molar-refractivity contribution in [2.45, 2.75) is 26.4 Å². The second kappa shape index (κ2) is 5.98. The van der Waals surface area contributed by atoms with Crippen molar-refractivity contribution in [3.8, 4) is 6.07 Å². The molecule has 0 aliphatic carbocycles. The van der Waals surface area contributed by atoms with E-state index in [1.54, 1.807) is 18.2 Å². The Morgan fingerprint density at radius 2 is 2.17 bits per heavy atom. The summed E-state index contributed by atoms with van der Waals surface area (Å²) in [6, 6.07) is 7.00. The van der Waals surface area contributed by atoms with Gasteiger partial charge in [-0.1, -0.05) is 0 Å². The Hall–Kier alpha value is -1.38. The number of carbonyl (C=O) groups is 1. The van der Waals surface area contributed by atoms with E-state index in [2.05, 4.69) is 21.2 Å². The van der Waals surface area contributed by atoms with E-state index >= 15 is 0 Å². The molecule has 1 N–H and O–H groups in total. The number of nitrogens with zero attached hydrogens (tertiary/aromatic N) is 1. The molecule has 0 saturated heterocycles. The number of hydrogen-bond acceptors (Lipinski definition) is 3. The van der Waals surface area contributed by atoms with E-state index in [0.717, 1.165) is 0 Å². The second-order valence-corrected chi connectivity index (χ2v) is 5.61. The summed E-state index contributed by atoms with van der Waals surface area (Å²) in [5, 5.41) is 11.4. The molecule has 0 heterocycles. The van der Waals surface area contributed by atoms with Crippen LogP contribution >= 0.6 is 15.9 Å². The number of halogens is 1. The van der Waals surface area contributed by atoms with Crippen molar-refractivity contribution in [2.75, 3.05) is 11.9 Å². The molecule has 0 aromatic heterocycles. The Morgan fingerprint density at radius 3 is 2.67 bits per heavy atom. The first-order chi connectivity index (χ1) is 8.31. The smallest absolute Gasteiger partial charge is 0.250 e. The van der Waals surface area contributed by atoms with Crippen molar-refractivity contribution in [3.05, 3.63) is 28.2 Å². The van der Waals surface area contributed by atoms with Gasteiger partial charge in [0.2, 0.25) is 5.91 Å². The average molecular weight is 311 g/mol. The van der Waals surface area contributed by atoms with Gasteiger partial charge in [-0.3, -0.25) is 4.79 Å². The van der Waals surface area contributed by atoms with E-state index in [4.69, 9.17) is 10.00 Å². The lowest BCUT2D eigenvalue weighted by Crippen LogP contribution is -2.27. The molecule has 0 bridgehead atoms. The van der Waals surface area contributed by atoms with Gasteiger partial charge in [-0.2, -0.15) is 5.26 Å². The normalized spacial score (nSPS) is 10.8. The molecule has 0 atom stereocenters. The molecule has 0 spiro atoms. The van der Waals surface area contributed by atoms with E-state index in [9.17, 15) is 4.79 Å². The molecule has 1 aromatic rings. The SMILES string of the molecule is CC(C)(C)OCC(=O)Nc1ccc(C#N)cc1Br. The van der Waals surface area contributed by atoms with Gasteiger partial charge in [-0.15, -0.1) is 0 Å². The summed E-state index contributed by atoms with van der Waals surface area (Å²) in [5.41, 5.74) is 0.807. The van der Waals surface area contributed by atoms with Gasteiger partial charge in [-0.25, -0.2) is 0 Å². The van der Waals surface area contributed by atoms with Crippen molar-refractivity contribution in [2.24, 2.45) is 0 Å². The highest BCUT2D eigenvalue weighted by atomic mass is 79.9. The number of ether oxygens (including phenoxy) is 1. The molecular weight excluding hydrogens is 296 g/mol. The average Bonchev–Trinajstić information content (AvgIpc) is 2.28. The number of hydrogen-bond donors (Lipinski definition) is 1. The van der Waals surface area contributed by atoms with Gasteiger partial charge in [0.25, 0.3) is 0 Å². The lowest BCUT2D eigenvalue weighted by molar-refractivity contribution is -0.125. The Kier molecular flexibility index (Phi) is 4.88. The van der Waals surface area contributed by atoms with E-state index in [1.807, 2.05) is 26.8 Å². The molecule has 1 aromatic carbocycles. The van der Waals surface area contributed by atoms with Gasteiger partial charge in [0.15, 0.2) is 0 Å². The maximum absolute atomic E-state index is 11.6. The first-order valence-corrected chi connectivity index (χ1v) is 6.24. The Morgan fingerprint density at radius 1 is 1.50 bits per heavy atom. The van der Waals surface area contributed by atoms with Crippen LogP contribution in [0.4, 0.5) is 5.69 Å². The highest BCUT2D eigenvalue weighted by molar-refractivity contribution is 9.10. The van der Waals surface area contributed by atoms with Crippen LogP contribution in [0.3, 0.4) is 0 Å². The van der Waals surface area contributed by atoms with Crippen LogP contribution < -0.4 is 5.32 Å². The predicted molar refractivity (Wildman–Crippen MR) is 73.2 cm³/mol. The minimum absolute atomic E-state index is 0.00403. The van der Waals surface area contributed by atoms with Crippen molar-refractivity contribution in [1.82, 2.24) is 0 Å². The van der Waals surface area contributed by atoms with Crippen LogP contribution in [-0.4, -0.2) is 18.1 Å². The fourth-order valence-corrected chi connectivity index (χ4v) is 1.63. The molecule has 96 valence electrons. The fourth-order valence-electron chi connectivity index (χ4n) is 1.15. The summed E-state index contributed by atoms with van der Waals surface area (Å²) in [6.07, 6.45) is 0. The van der Waals surface area contributed by atoms with Crippen molar-refractivity contribution < 1.29 is 9.53 Å². The summed E-state index contributed by atoms with van der Waals surface area (Å²) < 4.78 is 6.04. The number of benzene rings is 1. The van der Waals surface area contributed by atoms with E-state index < -0.39 is 0 Å². The molecular formula is C13H15BrN2O2. The monoisotopic (exact) mass is 310 g/mol.